The maximum absolute atomic E-state index is 12.1. The van der Waals surface area contributed by atoms with E-state index < -0.39 is 0 Å². The number of nitrogens with one attached hydrogen (secondary N) is 2. The lowest BCUT2D eigenvalue weighted by Crippen LogP contribution is -2.09. The van der Waals surface area contributed by atoms with Crippen molar-refractivity contribution in [1.29, 1.82) is 0 Å². The summed E-state index contributed by atoms with van der Waals surface area (Å²) in [6.45, 7) is 1.79. The first-order chi connectivity index (χ1) is 13.6. The Hall–Kier alpha value is -3.44. The summed E-state index contributed by atoms with van der Waals surface area (Å²) in [7, 11) is 0. The van der Waals surface area contributed by atoms with E-state index in [2.05, 4.69) is 15.2 Å². The fourth-order valence-electron chi connectivity index (χ4n) is 3.45. The first-order valence-corrected chi connectivity index (χ1v) is 9.21. The molecule has 0 unspecified atom stereocenters. The van der Waals surface area contributed by atoms with E-state index in [1.54, 1.807) is 13.1 Å². The first-order valence-electron chi connectivity index (χ1n) is 8.83. The molecule has 0 bridgehead atoms. The van der Waals surface area contributed by atoms with Gasteiger partial charge in [0.15, 0.2) is 0 Å². The van der Waals surface area contributed by atoms with E-state index in [4.69, 9.17) is 16.6 Å². The van der Waals surface area contributed by atoms with Crippen molar-refractivity contribution < 1.29 is 0 Å². The normalized spacial score (nSPS) is 11.4. The van der Waals surface area contributed by atoms with Gasteiger partial charge in [-0.3, -0.25) is 9.89 Å². The molecule has 0 aliphatic heterocycles. The van der Waals surface area contributed by atoms with Gasteiger partial charge in [0.2, 0.25) is 0 Å². The zero-order valence-electron chi connectivity index (χ0n) is 15.0. The highest BCUT2D eigenvalue weighted by atomic mass is 35.5. The molecule has 0 saturated carbocycles. The number of H-pyrrole nitrogens is 2. The average molecular weight is 387 g/mol. The van der Waals surface area contributed by atoms with E-state index in [0.29, 0.717) is 16.2 Å². The van der Waals surface area contributed by atoms with Gasteiger partial charge in [-0.2, -0.15) is 5.10 Å². The second-order valence-corrected chi connectivity index (χ2v) is 7.17. The molecule has 6 heteroatoms. The van der Waals surface area contributed by atoms with Gasteiger partial charge >= 0.3 is 0 Å². The standard InChI is InChI=1S/C22H15ClN4O/c1-12-7-15-9-17(14-8-16-11-24-27-20(16)18(23)10-14)19(13-5-3-2-4-6-13)25-21(15)26-22(12)28/h2-11H,1H3,(H,24,27)(H,25,26,28). The van der Waals surface area contributed by atoms with Crippen LogP contribution in [-0.4, -0.2) is 20.2 Å². The van der Waals surface area contributed by atoms with Crippen LogP contribution in [0.1, 0.15) is 5.56 Å². The minimum absolute atomic E-state index is 0.130. The molecule has 5 rings (SSSR count). The van der Waals surface area contributed by atoms with E-state index >= 15 is 0 Å². The average Bonchev–Trinajstić information content (AvgIpc) is 3.18. The Kier molecular flexibility index (Phi) is 3.77. The molecule has 5 aromatic rings. The third-order valence-electron chi connectivity index (χ3n) is 4.87. The maximum atomic E-state index is 12.1. The largest absolute Gasteiger partial charge is 0.306 e. The molecule has 0 fully saturated rings. The summed E-state index contributed by atoms with van der Waals surface area (Å²) >= 11 is 6.48. The van der Waals surface area contributed by atoms with Crippen LogP contribution in [0.5, 0.6) is 0 Å². The van der Waals surface area contributed by atoms with Crippen molar-refractivity contribution in [2.24, 2.45) is 0 Å². The molecule has 28 heavy (non-hydrogen) atoms. The van der Waals surface area contributed by atoms with Crippen molar-refractivity contribution in [3.05, 3.63) is 81.7 Å². The Bertz CT molecular complexity index is 1400. The Labute approximate surface area is 165 Å². The van der Waals surface area contributed by atoms with Crippen LogP contribution in [-0.2, 0) is 0 Å². The van der Waals surface area contributed by atoms with Crippen LogP contribution in [0.15, 0.2) is 65.6 Å². The summed E-state index contributed by atoms with van der Waals surface area (Å²) in [5.74, 6) is 0. The molecule has 5 nitrogen and oxygen atoms in total. The zero-order chi connectivity index (χ0) is 19.3. The monoisotopic (exact) mass is 386 g/mol. The fraction of sp³-hybridized carbons (Fsp3) is 0.0455. The topological polar surface area (TPSA) is 74.4 Å². The molecule has 2 N–H and O–H groups in total. The van der Waals surface area contributed by atoms with Gasteiger partial charge in [-0.1, -0.05) is 41.9 Å². The lowest BCUT2D eigenvalue weighted by atomic mass is 9.97. The van der Waals surface area contributed by atoms with E-state index in [1.807, 2.05) is 54.6 Å². The third kappa shape index (κ3) is 2.68. The predicted molar refractivity (Wildman–Crippen MR) is 113 cm³/mol. The van der Waals surface area contributed by atoms with Crippen LogP contribution < -0.4 is 5.56 Å². The molecule has 0 radical (unpaired) electrons. The second kappa shape index (κ2) is 6.32. The lowest BCUT2D eigenvalue weighted by molar-refractivity contribution is 1.12. The summed E-state index contributed by atoms with van der Waals surface area (Å²) in [6.07, 6.45) is 1.75. The zero-order valence-corrected chi connectivity index (χ0v) is 15.7. The van der Waals surface area contributed by atoms with Crippen LogP contribution >= 0.6 is 11.6 Å². The van der Waals surface area contributed by atoms with Crippen LogP contribution in [0.25, 0.3) is 44.3 Å². The Balaban J connectivity index is 1.87. The highest BCUT2D eigenvalue weighted by molar-refractivity contribution is 6.35. The van der Waals surface area contributed by atoms with Crippen LogP contribution in [0, 0.1) is 6.92 Å². The minimum atomic E-state index is -0.130. The van der Waals surface area contributed by atoms with Crippen LogP contribution in [0.3, 0.4) is 0 Å². The van der Waals surface area contributed by atoms with Crippen molar-refractivity contribution in [2.75, 3.05) is 0 Å². The molecular weight excluding hydrogens is 372 g/mol. The number of aromatic amines is 2. The Morgan fingerprint density at radius 3 is 2.61 bits per heavy atom. The van der Waals surface area contributed by atoms with Gasteiger partial charge in [-0.05, 0) is 36.8 Å². The van der Waals surface area contributed by atoms with Gasteiger partial charge in [0.25, 0.3) is 5.56 Å². The highest BCUT2D eigenvalue weighted by Gasteiger charge is 2.15. The number of pyridine rings is 2. The molecule has 3 aromatic heterocycles. The molecule has 0 saturated heterocycles. The highest BCUT2D eigenvalue weighted by Crippen LogP contribution is 2.36. The number of aromatic nitrogens is 4. The number of hydrogen-bond acceptors (Lipinski definition) is 3. The van der Waals surface area contributed by atoms with E-state index in [9.17, 15) is 4.79 Å². The molecule has 0 atom stereocenters. The number of aryl methyl sites for hydroxylation is 1. The summed E-state index contributed by atoms with van der Waals surface area (Å²) in [6, 6.07) is 17.8. The SMILES string of the molecule is Cc1cc2cc(-c3cc(Cl)c4[nH]ncc4c3)c(-c3ccccc3)nc2[nH]c1=O. The van der Waals surface area contributed by atoms with E-state index in [-0.39, 0.29) is 5.56 Å². The van der Waals surface area contributed by atoms with Gasteiger partial charge in [0, 0.05) is 27.5 Å². The molecule has 2 aromatic carbocycles. The Morgan fingerprint density at radius 2 is 1.79 bits per heavy atom. The quantitative estimate of drug-likeness (QED) is 0.443. The molecule has 0 aliphatic rings. The van der Waals surface area contributed by atoms with Gasteiger partial charge in [0.1, 0.15) is 5.65 Å². The summed E-state index contributed by atoms with van der Waals surface area (Å²) in [4.78, 5) is 19.7. The fourth-order valence-corrected chi connectivity index (χ4v) is 3.72. The van der Waals surface area contributed by atoms with Gasteiger partial charge in [-0.15, -0.1) is 0 Å². The van der Waals surface area contributed by atoms with Crippen molar-refractivity contribution in [3.8, 4) is 22.4 Å². The molecule has 3 heterocycles. The molecule has 0 aliphatic carbocycles. The van der Waals surface area contributed by atoms with Crippen molar-refractivity contribution in [1.82, 2.24) is 20.2 Å². The van der Waals surface area contributed by atoms with E-state index in [1.165, 1.54) is 0 Å². The number of rotatable bonds is 2. The maximum Gasteiger partial charge on any atom is 0.252 e. The molecule has 0 amide bonds. The molecular formula is C22H15ClN4O. The number of nitrogens with zero attached hydrogens (tertiary/aromatic N) is 2. The number of benzene rings is 2. The van der Waals surface area contributed by atoms with Crippen LogP contribution in [0.4, 0.5) is 0 Å². The molecule has 136 valence electrons. The summed E-state index contributed by atoms with van der Waals surface area (Å²) in [5, 5.41) is 9.40. The molecule has 0 spiro atoms. The van der Waals surface area contributed by atoms with Gasteiger partial charge in [0.05, 0.1) is 22.4 Å². The third-order valence-corrected chi connectivity index (χ3v) is 5.17. The lowest BCUT2D eigenvalue weighted by Gasteiger charge is -2.12. The Morgan fingerprint density at radius 1 is 0.964 bits per heavy atom. The summed E-state index contributed by atoms with van der Waals surface area (Å²) in [5.41, 5.74) is 5.52. The number of hydrogen-bond donors (Lipinski definition) is 2. The smallest absolute Gasteiger partial charge is 0.252 e. The second-order valence-electron chi connectivity index (χ2n) is 6.76. The van der Waals surface area contributed by atoms with Crippen LogP contribution in [0.2, 0.25) is 5.02 Å². The minimum Gasteiger partial charge on any atom is -0.306 e. The van der Waals surface area contributed by atoms with Gasteiger partial charge < -0.3 is 4.98 Å². The first kappa shape index (κ1) is 16.7. The predicted octanol–water partition coefficient (Wildman–Crippen LogP) is 5.10. The van der Waals surface area contributed by atoms with E-state index in [0.717, 1.165) is 38.7 Å². The van der Waals surface area contributed by atoms with Crippen molar-refractivity contribution in [3.63, 3.8) is 0 Å². The van der Waals surface area contributed by atoms with Crippen molar-refractivity contribution in [2.45, 2.75) is 6.92 Å². The van der Waals surface area contributed by atoms with Crippen molar-refractivity contribution >= 4 is 33.5 Å². The number of fused-ring (bicyclic) bond motifs is 2. The number of halogens is 1. The summed E-state index contributed by atoms with van der Waals surface area (Å²) < 4.78 is 0. The van der Waals surface area contributed by atoms with Gasteiger partial charge in [-0.25, -0.2) is 4.98 Å².